The maximum Gasteiger partial charge on any atom is 0.187 e. The third-order valence-electron chi connectivity index (χ3n) is 4.30. The highest BCUT2D eigenvalue weighted by molar-refractivity contribution is 7.80. The van der Waals surface area contributed by atoms with Gasteiger partial charge in [-0.15, -0.1) is 6.58 Å². The molecule has 0 radical (unpaired) electrons. The summed E-state index contributed by atoms with van der Waals surface area (Å²) in [7, 11) is 0. The lowest BCUT2D eigenvalue weighted by molar-refractivity contribution is -0.00126. The minimum Gasteiger partial charge on any atom is -0.358 e. The number of hydrogen-bond acceptors (Lipinski definition) is 2. The van der Waals surface area contributed by atoms with E-state index in [0.717, 1.165) is 5.92 Å². The summed E-state index contributed by atoms with van der Waals surface area (Å²) < 4.78 is 0. The van der Waals surface area contributed by atoms with Gasteiger partial charge in [0, 0.05) is 6.54 Å². The maximum absolute atomic E-state index is 5.07. The van der Waals surface area contributed by atoms with Gasteiger partial charge in [-0.1, -0.05) is 26.0 Å². The second-order valence-corrected chi connectivity index (χ2v) is 6.02. The number of rotatable bonds is 4. The Balaban J connectivity index is 1.85. The van der Waals surface area contributed by atoms with Crippen LogP contribution in [0.4, 0.5) is 0 Å². The van der Waals surface area contributed by atoms with E-state index in [1.807, 2.05) is 6.21 Å². The molecule has 4 heteroatoms. The Morgan fingerprint density at radius 3 is 3.06 bits per heavy atom. The van der Waals surface area contributed by atoms with Gasteiger partial charge in [0.2, 0.25) is 0 Å². The lowest BCUT2D eigenvalue weighted by Gasteiger charge is -2.55. The molecule has 0 aliphatic heterocycles. The van der Waals surface area contributed by atoms with Gasteiger partial charge in [0.05, 0.1) is 6.21 Å². The smallest absolute Gasteiger partial charge is 0.187 e. The number of nitrogens with one attached hydrogen (secondary N) is 2. The number of thiocarbonyl (C=S) groups is 1. The molecule has 3 aliphatic carbocycles. The van der Waals surface area contributed by atoms with E-state index < -0.39 is 0 Å². The summed E-state index contributed by atoms with van der Waals surface area (Å²) in [6, 6.07) is 0. The van der Waals surface area contributed by atoms with Gasteiger partial charge in [0.15, 0.2) is 5.11 Å². The third kappa shape index (κ3) is 2.48. The predicted molar refractivity (Wildman–Crippen MR) is 80.5 cm³/mol. The Hall–Kier alpha value is -1.16. The Kier molecular flexibility index (Phi) is 3.85. The van der Waals surface area contributed by atoms with Crippen LogP contribution in [0.25, 0.3) is 0 Å². The molecule has 0 heterocycles. The molecule has 1 fully saturated rings. The van der Waals surface area contributed by atoms with E-state index >= 15 is 0 Å². The molecule has 2 N–H and O–H groups in total. The van der Waals surface area contributed by atoms with Crippen molar-refractivity contribution in [3.63, 3.8) is 0 Å². The molecule has 18 heavy (non-hydrogen) atoms. The molecular weight excluding hydrogens is 242 g/mol. The molecule has 0 saturated heterocycles. The van der Waals surface area contributed by atoms with Crippen LogP contribution in [0.15, 0.2) is 29.4 Å². The van der Waals surface area contributed by atoms with E-state index in [1.54, 1.807) is 6.08 Å². The second-order valence-electron chi connectivity index (χ2n) is 5.62. The molecule has 3 aliphatic rings. The maximum atomic E-state index is 5.07. The lowest BCUT2D eigenvalue weighted by atomic mass is 9.49. The molecule has 3 nitrogen and oxygen atoms in total. The van der Waals surface area contributed by atoms with Gasteiger partial charge < -0.3 is 5.32 Å². The van der Waals surface area contributed by atoms with Crippen molar-refractivity contribution in [3.8, 4) is 0 Å². The fourth-order valence-corrected chi connectivity index (χ4v) is 3.05. The first kappa shape index (κ1) is 13.3. The van der Waals surface area contributed by atoms with Crippen LogP contribution in [-0.2, 0) is 0 Å². The van der Waals surface area contributed by atoms with Crippen molar-refractivity contribution in [2.45, 2.75) is 26.7 Å². The van der Waals surface area contributed by atoms with Crippen molar-refractivity contribution >= 4 is 23.5 Å². The second kappa shape index (κ2) is 5.22. The van der Waals surface area contributed by atoms with Crippen LogP contribution in [0, 0.1) is 17.3 Å². The summed E-state index contributed by atoms with van der Waals surface area (Å²) in [5, 5.41) is 7.72. The standard InChI is InChI=1S/C14H21N3S/c1-4-7-15-13(18)17-16-9-10-5-6-11-8-12(10)14(11,2)3/h4-5,9,11-12H,1,6-8H2,2-3H3,(H2,15,17,18)/t11-,12+/m0/s1. The molecule has 0 spiro atoms. The van der Waals surface area contributed by atoms with Crippen molar-refractivity contribution < 1.29 is 0 Å². The summed E-state index contributed by atoms with van der Waals surface area (Å²) in [5.41, 5.74) is 4.62. The van der Waals surface area contributed by atoms with E-state index in [0.29, 0.717) is 23.0 Å². The van der Waals surface area contributed by atoms with Crippen molar-refractivity contribution in [2.24, 2.45) is 22.4 Å². The average molecular weight is 263 g/mol. The molecule has 0 aromatic rings. The summed E-state index contributed by atoms with van der Waals surface area (Å²) in [6.07, 6.45) is 8.49. The average Bonchev–Trinajstić information content (AvgIpc) is 2.36. The molecule has 0 aromatic heterocycles. The van der Waals surface area contributed by atoms with Gasteiger partial charge in [0.1, 0.15) is 0 Å². The Bertz CT molecular complexity index is 409. The van der Waals surface area contributed by atoms with Crippen LogP contribution in [0.2, 0.25) is 0 Å². The van der Waals surface area contributed by atoms with E-state index in [9.17, 15) is 0 Å². The minimum atomic E-state index is 0.442. The minimum absolute atomic E-state index is 0.442. The topological polar surface area (TPSA) is 36.4 Å². The highest BCUT2D eigenvalue weighted by Gasteiger charge is 2.50. The molecule has 98 valence electrons. The highest BCUT2D eigenvalue weighted by Crippen LogP contribution is 2.58. The normalized spacial score (nSPS) is 28.2. The summed E-state index contributed by atoms with van der Waals surface area (Å²) in [6.45, 7) is 8.99. The first-order chi connectivity index (χ1) is 8.55. The lowest BCUT2D eigenvalue weighted by Crippen LogP contribution is -2.48. The summed E-state index contributed by atoms with van der Waals surface area (Å²) in [4.78, 5) is 0. The predicted octanol–water partition coefficient (Wildman–Crippen LogP) is 2.61. The van der Waals surface area contributed by atoms with E-state index in [-0.39, 0.29) is 0 Å². The first-order valence-corrected chi connectivity index (χ1v) is 6.84. The van der Waals surface area contributed by atoms with Crippen LogP contribution in [-0.4, -0.2) is 17.9 Å². The van der Waals surface area contributed by atoms with Crippen LogP contribution in [0.5, 0.6) is 0 Å². The molecule has 0 unspecified atom stereocenters. The fourth-order valence-electron chi connectivity index (χ4n) is 2.91. The summed E-state index contributed by atoms with van der Waals surface area (Å²) >= 11 is 5.07. The van der Waals surface area contributed by atoms with Crippen LogP contribution < -0.4 is 10.7 Å². The Morgan fingerprint density at radius 2 is 2.44 bits per heavy atom. The van der Waals surface area contributed by atoms with E-state index in [4.69, 9.17) is 12.2 Å². The zero-order valence-electron chi connectivity index (χ0n) is 11.1. The van der Waals surface area contributed by atoms with Crippen molar-refractivity contribution in [1.29, 1.82) is 0 Å². The van der Waals surface area contributed by atoms with Gasteiger partial charge in [-0.2, -0.15) is 5.10 Å². The third-order valence-corrected chi connectivity index (χ3v) is 4.53. The Morgan fingerprint density at radius 1 is 1.67 bits per heavy atom. The van der Waals surface area contributed by atoms with Gasteiger partial charge in [-0.3, -0.25) is 5.43 Å². The zero-order valence-corrected chi connectivity index (χ0v) is 11.9. The van der Waals surface area contributed by atoms with Crippen LogP contribution >= 0.6 is 12.2 Å². The molecule has 2 bridgehead atoms. The molecule has 2 atom stereocenters. The molecular formula is C14H21N3S. The van der Waals surface area contributed by atoms with Crippen LogP contribution in [0.1, 0.15) is 26.7 Å². The number of fused-ring (bicyclic) bond motifs is 1. The molecule has 0 amide bonds. The number of allylic oxidation sites excluding steroid dienone is 2. The number of hydrogen-bond donors (Lipinski definition) is 2. The number of hydrazone groups is 1. The SMILES string of the molecule is C=CCNC(=S)NN=CC1=CC[C@H]2C[C@H]1C2(C)C. The largest absolute Gasteiger partial charge is 0.358 e. The molecule has 3 rings (SSSR count). The van der Waals surface area contributed by atoms with Crippen molar-refractivity contribution in [1.82, 2.24) is 10.7 Å². The quantitative estimate of drug-likeness (QED) is 0.354. The van der Waals surface area contributed by atoms with Crippen molar-refractivity contribution in [2.75, 3.05) is 6.54 Å². The molecule has 1 saturated carbocycles. The zero-order chi connectivity index (χ0) is 13.2. The van der Waals surface area contributed by atoms with Gasteiger partial charge in [0.25, 0.3) is 0 Å². The number of nitrogens with zero attached hydrogens (tertiary/aromatic N) is 1. The van der Waals surface area contributed by atoms with Gasteiger partial charge in [-0.25, -0.2) is 0 Å². The Labute approximate surface area is 114 Å². The van der Waals surface area contributed by atoms with E-state index in [2.05, 4.69) is 42.3 Å². The fraction of sp³-hybridized carbons (Fsp3) is 0.571. The van der Waals surface area contributed by atoms with E-state index in [1.165, 1.54) is 18.4 Å². The summed E-state index contributed by atoms with van der Waals surface area (Å²) in [5.74, 6) is 1.53. The van der Waals surface area contributed by atoms with Gasteiger partial charge >= 0.3 is 0 Å². The molecule has 0 aromatic carbocycles. The monoisotopic (exact) mass is 263 g/mol. The van der Waals surface area contributed by atoms with Crippen molar-refractivity contribution in [3.05, 3.63) is 24.3 Å². The highest BCUT2D eigenvalue weighted by atomic mass is 32.1. The van der Waals surface area contributed by atoms with Gasteiger partial charge in [-0.05, 0) is 47.9 Å². The first-order valence-electron chi connectivity index (χ1n) is 6.43. The van der Waals surface area contributed by atoms with Crippen LogP contribution in [0.3, 0.4) is 0 Å².